The molecule has 2 saturated heterocycles. The first-order valence-corrected chi connectivity index (χ1v) is 7.55. The highest BCUT2D eigenvalue weighted by Crippen LogP contribution is 2.36. The molecule has 0 aliphatic carbocycles. The molecule has 3 atom stereocenters. The molecule has 0 spiro atoms. The lowest BCUT2D eigenvalue weighted by molar-refractivity contribution is 0.0519. The van der Waals surface area contributed by atoms with Crippen LogP contribution in [0.5, 0.6) is 0 Å². The summed E-state index contributed by atoms with van der Waals surface area (Å²) in [6.45, 7) is 4.07. The molecule has 19 heavy (non-hydrogen) atoms. The van der Waals surface area contributed by atoms with Crippen LogP contribution < -0.4 is 5.32 Å². The number of ether oxygens (including phenoxy) is 2. The topological polar surface area (TPSA) is 60.5 Å². The molecule has 5 nitrogen and oxygen atoms in total. The van der Waals surface area contributed by atoms with Gasteiger partial charge in [0.15, 0.2) is 10.8 Å². The van der Waals surface area contributed by atoms with Crippen molar-refractivity contribution in [2.45, 2.75) is 51.4 Å². The average molecular weight is 282 g/mol. The minimum Gasteiger partial charge on any atom is -0.461 e. The van der Waals surface area contributed by atoms with E-state index in [-0.39, 0.29) is 5.97 Å². The van der Waals surface area contributed by atoms with Crippen LogP contribution in [-0.2, 0) is 9.47 Å². The lowest BCUT2D eigenvalue weighted by atomic mass is 9.96. The molecule has 104 valence electrons. The highest BCUT2D eigenvalue weighted by atomic mass is 32.1. The number of esters is 1. The highest BCUT2D eigenvalue weighted by molar-refractivity contribution is 7.15. The van der Waals surface area contributed by atoms with Crippen molar-refractivity contribution in [1.29, 1.82) is 0 Å². The van der Waals surface area contributed by atoms with Gasteiger partial charge in [-0.2, -0.15) is 0 Å². The number of nitrogens with one attached hydrogen (secondary N) is 1. The first kappa shape index (κ1) is 12.9. The van der Waals surface area contributed by atoms with Crippen molar-refractivity contribution in [3.05, 3.63) is 10.6 Å². The number of hydrogen-bond donors (Lipinski definition) is 1. The lowest BCUT2D eigenvalue weighted by Gasteiger charge is -2.19. The normalized spacial score (nSPS) is 28.6. The zero-order valence-corrected chi connectivity index (χ0v) is 12.0. The molecule has 0 aromatic carbocycles. The van der Waals surface area contributed by atoms with Gasteiger partial charge >= 0.3 is 5.97 Å². The molecule has 1 N–H and O–H groups in total. The lowest BCUT2D eigenvalue weighted by Crippen LogP contribution is -2.30. The Hall–Kier alpha value is -1.14. The van der Waals surface area contributed by atoms with Crippen molar-refractivity contribution in [2.24, 2.45) is 0 Å². The maximum absolute atomic E-state index is 11.7. The van der Waals surface area contributed by atoms with Gasteiger partial charge in [0, 0.05) is 4.88 Å². The molecule has 1 aromatic heterocycles. The number of anilines is 1. The SMILES string of the molecule is CCOC(=O)c1nc(NC2CC3CCC2O3)sc1C. The van der Waals surface area contributed by atoms with E-state index >= 15 is 0 Å². The summed E-state index contributed by atoms with van der Waals surface area (Å²) in [5.74, 6) is -0.339. The summed E-state index contributed by atoms with van der Waals surface area (Å²) in [6.07, 6.45) is 4.05. The fraction of sp³-hybridized carbons (Fsp3) is 0.692. The zero-order valence-electron chi connectivity index (χ0n) is 11.1. The number of carbonyl (C=O) groups excluding carboxylic acids is 1. The Morgan fingerprint density at radius 2 is 2.42 bits per heavy atom. The number of carbonyl (C=O) groups is 1. The van der Waals surface area contributed by atoms with E-state index in [9.17, 15) is 4.79 Å². The van der Waals surface area contributed by atoms with Crippen LogP contribution in [0, 0.1) is 6.92 Å². The van der Waals surface area contributed by atoms with Crippen molar-refractivity contribution < 1.29 is 14.3 Å². The minimum atomic E-state index is -0.339. The second-order valence-corrected chi connectivity index (χ2v) is 6.21. The van der Waals surface area contributed by atoms with Crippen molar-refractivity contribution in [3.63, 3.8) is 0 Å². The predicted octanol–water partition coefficient (Wildman–Crippen LogP) is 2.36. The number of hydrogen-bond acceptors (Lipinski definition) is 6. The van der Waals surface area contributed by atoms with E-state index in [4.69, 9.17) is 9.47 Å². The number of rotatable bonds is 4. The van der Waals surface area contributed by atoms with E-state index < -0.39 is 0 Å². The summed E-state index contributed by atoms with van der Waals surface area (Å²) >= 11 is 1.50. The van der Waals surface area contributed by atoms with Gasteiger partial charge in [-0.05, 0) is 33.1 Å². The Kier molecular flexibility index (Phi) is 3.45. The van der Waals surface area contributed by atoms with Crippen molar-refractivity contribution in [3.8, 4) is 0 Å². The van der Waals surface area contributed by atoms with Crippen LogP contribution in [0.1, 0.15) is 41.6 Å². The molecular weight excluding hydrogens is 264 g/mol. The number of fused-ring (bicyclic) bond motifs is 2. The van der Waals surface area contributed by atoms with E-state index in [1.165, 1.54) is 17.8 Å². The molecule has 2 aliphatic heterocycles. The van der Waals surface area contributed by atoms with Crippen molar-refractivity contribution in [2.75, 3.05) is 11.9 Å². The number of aromatic nitrogens is 1. The van der Waals surface area contributed by atoms with Crippen LogP contribution in [0.25, 0.3) is 0 Å². The second-order valence-electron chi connectivity index (χ2n) is 5.00. The second kappa shape index (κ2) is 5.09. The average Bonchev–Trinajstić information content (AvgIpc) is 3.05. The maximum atomic E-state index is 11.7. The van der Waals surface area contributed by atoms with Gasteiger partial charge in [0.05, 0.1) is 24.9 Å². The van der Waals surface area contributed by atoms with Crippen LogP contribution in [0.15, 0.2) is 0 Å². The monoisotopic (exact) mass is 282 g/mol. The Balaban J connectivity index is 1.69. The van der Waals surface area contributed by atoms with Gasteiger partial charge in [0.1, 0.15) is 0 Å². The molecule has 0 radical (unpaired) electrons. The first-order valence-electron chi connectivity index (χ1n) is 6.74. The smallest absolute Gasteiger partial charge is 0.358 e. The molecule has 3 heterocycles. The van der Waals surface area contributed by atoms with Crippen LogP contribution in [-0.4, -0.2) is 35.8 Å². The predicted molar refractivity (Wildman–Crippen MR) is 72.7 cm³/mol. The van der Waals surface area contributed by atoms with Crippen LogP contribution >= 0.6 is 11.3 Å². The largest absolute Gasteiger partial charge is 0.461 e. The quantitative estimate of drug-likeness (QED) is 0.859. The third kappa shape index (κ3) is 2.47. The molecule has 3 rings (SSSR count). The summed E-state index contributed by atoms with van der Waals surface area (Å²) in [7, 11) is 0. The van der Waals surface area contributed by atoms with Crippen molar-refractivity contribution in [1.82, 2.24) is 4.98 Å². The Bertz CT molecular complexity index is 488. The van der Waals surface area contributed by atoms with Gasteiger partial charge < -0.3 is 14.8 Å². The third-order valence-electron chi connectivity index (χ3n) is 3.68. The molecule has 1 aromatic rings. The van der Waals surface area contributed by atoms with E-state index in [2.05, 4.69) is 10.3 Å². The summed E-state index contributed by atoms with van der Waals surface area (Å²) < 4.78 is 10.8. The number of nitrogens with zero attached hydrogens (tertiary/aromatic N) is 1. The molecule has 2 fully saturated rings. The minimum absolute atomic E-state index is 0.306. The van der Waals surface area contributed by atoms with Gasteiger partial charge in [0.25, 0.3) is 0 Å². The molecular formula is C13H18N2O3S. The molecule has 6 heteroatoms. The summed E-state index contributed by atoms with van der Waals surface area (Å²) in [6, 6.07) is 0.333. The van der Waals surface area contributed by atoms with E-state index in [1.807, 2.05) is 6.92 Å². The highest BCUT2D eigenvalue weighted by Gasteiger charge is 2.41. The molecule has 2 bridgehead atoms. The Morgan fingerprint density at radius 3 is 3.05 bits per heavy atom. The molecule has 0 saturated carbocycles. The van der Waals surface area contributed by atoms with Crippen LogP contribution in [0.4, 0.5) is 5.13 Å². The van der Waals surface area contributed by atoms with Gasteiger partial charge in [-0.1, -0.05) is 0 Å². The first-order chi connectivity index (χ1) is 9.17. The number of thiazole rings is 1. The van der Waals surface area contributed by atoms with Gasteiger partial charge in [-0.15, -0.1) is 11.3 Å². The number of aryl methyl sites for hydroxylation is 1. The van der Waals surface area contributed by atoms with Crippen LogP contribution in [0.3, 0.4) is 0 Å². The van der Waals surface area contributed by atoms with Crippen molar-refractivity contribution >= 4 is 22.4 Å². The summed E-state index contributed by atoms with van der Waals surface area (Å²) in [5.41, 5.74) is 0.429. The Labute approximate surface area is 116 Å². The fourth-order valence-corrected chi connectivity index (χ4v) is 3.66. The zero-order chi connectivity index (χ0) is 13.4. The van der Waals surface area contributed by atoms with E-state index in [0.29, 0.717) is 30.6 Å². The van der Waals surface area contributed by atoms with Gasteiger partial charge in [-0.25, -0.2) is 9.78 Å². The maximum Gasteiger partial charge on any atom is 0.358 e. The molecule has 2 aliphatic rings. The third-order valence-corrected chi connectivity index (χ3v) is 4.58. The Morgan fingerprint density at radius 1 is 1.58 bits per heavy atom. The van der Waals surface area contributed by atoms with Gasteiger partial charge in [0.2, 0.25) is 0 Å². The van der Waals surface area contributed by atoms with Gasteiger partial charge in [-0.3, -0.25) is 0 Å². The van der Waals surface area contributed by atoms with E-state index in [1.54, 1.807) is 6.92 Å². The van der Waals surface area contributed by atoms with E-state index in [0.717, 1.165) is 22.9 Å². The summed E-state index contributed by atoms with van der Waals surface area (Å²) in [4.78, 5) is 17.0. The summed E-state index contributed by atoms with van der Waals surface area (Å²) in [5, 5.41) is 4.20. The standard InChI is InChI=1S/C13H18N2O3S/c1-3-17-12(16)11-7(2)19-13(15-11)14-9-6-8-4-5-10(9)18-8/h8-10H,3-6H2,1-2H3,(H,14,15). The molecule has 3 unspecified atom stereocenters. The fourth-order valence-electron chi connectivity index (χ4n) is 2.80. The van der Waals surface area contributed by atoms with Crippen LogP contribution in [0.2, 0.25) is 0 Å². The molecule has 0 amide bonds.